The van der Waals surface area contributed by atoms with Crippen LogP contribution in [0.15, 0.2) is 30.3 Å². The van der Waals surface area contributed by atoms with Crippen molar-refractivity contribution in [2.24, 2.45) is 0 Å². The third kappa shape index (κ3) is 4.06. The maximum atomic E-state index is 12.2. The predicted octanol–water partition coefficient (Wildman–Crippen LogP) is 2.44. The number of carbonyl (C=O) groups excluding carboxylic acids is 1. The Morgan fingerprint density at radius 2 is 2.21 bits per heavy atom. The molecule has 104 valence electrons. The van der Waals surface area contributed by atoms with E-state index in [1.54, 1.807) is 0 Å². The van der Waals surface area contributed by atoms with Crippen molar-refractivity contribution in [3.05, 3.63) is 35.9 Å². The molecular weight excluding hydrogens is 236 g/mol. The van der Waals surface area contributed by atoms with Crippen LogP contribution in [0, 0.1) is 0 Å². The topological polar surface area (TPSA) is 41.1 Å². The molecule has 1 aliphatic rings. The van der Waals surface area contributed by atoms with Crippen molar-refractivity contribution in [1.82, 2.24) is 10.6 Å². The van der Waals surface area contributed by atoms with Crippen molar-refractivity contribution in [3.63, 3.8) is 0 Å². The highest BCUT2D eigenvalue weighted by molar-refractivity contribution is 5.83. The summed E-state index contributed by atoms with van der Waals surface area (Å²) in [6, 6.07) is 10.6. The zero-order valence-corrected chi connectivity index (χ0v) is 11.7. The van der Waals surface area contributed by atoms with Gasteiger partial charge in [0, 0.05) is 12.6 Å². The van der Waals surface area contributed by atoms with Crippen molar-refractivity contribution in [3.8, 4) is 0 Å². The van der Waals surface area contributed by atoms with Crippen LogP contribution in [0.4, 0.5) is 0 Å². The maximum Gasteiger partial charge on any atom is 0.227 e. The molecular formula is C16H24N2O. The van der Waals surface area contributed by atoms with Gasteiger partial charge in [-0.2, -0.15) is 0 Å². The minimum atomic E-state index is -0.0160. The number of nitrogens with one attached hydrogen (secondary N) is 2. The van der Waals surface area contributed by atoms with Crippen LogP contribution in [0.5, 0.6) is 0 Å². The smallest absolute Gasteiger partial charge is 0.227 e. The average Bonchev–Trinajstić information content (AvgIpc) is 2.94. The fourth-order valence-electron chi connectivity index (χ4n) is 2.75. The zero-order valence-electron chi connectivity index (χ0n) is 11.7. The molecule has 1 unspecified atom stereocenters. The van der Waals surface area contributed by atoms with E-state index in [2.05, 4.69) is 17.6 Å². The lowest BCUT2D eigenvalue weighted by Crippen LogP contribution is -2.33. The van der Waals surface area contributed by atoms with Crippen molar-refractivity contribution < 1.29 is 4.79 Å². The Kier molecular flexibility index (Phi) is 5.40. The summed E-state index contributed by atoms with van der Waals surface area (Å²) in [4.78, 5) is 12.2. The first-order valence-electron chi connectivity index (χ1n) is 7.37. The predicted molar refractivity (Wildman–Crippen MR) is 78.1 cm³/mol. The lowest BCUT2D eigenvalue weighted by molar-refractivity contribution is -0.122. The SMILES string of the molecule is CCC(C(=O)NCC[C@H]1CCCN1)c1ccccc1. The van der Waals surface area contributed by atoms with Crippen LogP contribution in [0.3, 0.4) is 0 Å². The van der Waals surface area contributed by atoms with E-state index in [0.29, 0.717) is 6.04 Å². The number of hydrogen-bond donors (Lipinski definition) is 2. The van der Waals surface area contributed by atoms with Gasteiger partial charge in [-0.25, -0.2) is 0 Å². The van der Waals surface area contributed by atoms with Gasteiger partial charge in [0.25, 0.3) is 0 Å². The molecule has 0 radical (unpaired) electrons. The van der Waals surface area contributed by atoms with Gasteiger partial charge in [-0.3, -0.25) is 4.79 Å². The normalized spacial score (nSPS) is 20.2. The van der Waals surface area contributed by atoms with E-state index in [1.165, 1.54) is 12.8 Å². The molecule has 3 heteroatoms. The fourth-order valence-corrected chi connectivity index (χ4v) is 2.75. The van der Waals surface area contributed by atoms with Gasteiger partial charge >= 0.3 is 0 Å². The Balaban J connectivity index is 1.80. The van der Waals surface area contributed by atoms with E-state index in [9.17, 15) is 4.79 Å². The second-order valence-electron chi connectivity index (χ2n) is 5.24. The first kappa shape index (κ1) is 14.1. The Morgan fingerprint density at radius 1 is 1.42 bits per heavy atom. The van der Waals surface area contributed by atoms with E-state index < -0.39 is 0 Å². The second-order valence-corrected chi connectivity index (χ2v) is 5.24. The minimum Gasteiger partial charge on any atom is -0.356 e. The monoisotopic (exact) mass is 260 g/mol. The maximum absolute atomic E-state index is 12.2. The molecule has 2 rings (SSSR count). The summed E-state index contributed by atoms with van der Waals surface area (Å²) < 4.78 is 0. The van der Waals surface area contributed by atoms with Gasteiger partial charge in [0.15, 0.2) is 0 Å². The highest BCUT2D eigenvalue weighted by atomic mass is 16.1. The molecule has 1 fully saturated rings. The van der Waals surface area contributed by atoms with Crippen LogP contribution in [0.2, 0.25) is 0 Å². The highest BCUT2D eigenvalue weighted by Crippen LogP contribution is 2.19. The Bertz CT molecular complexity index is 385. The van der Waals surface area contributed by atoms with Gasteiger partial charge in [0.2, 0.25) is 5.91 Å². The summed E-state index contributed by atoms with van der Waals surface area (Å²) in [7, 11) is 0. The van der Waals surface area contributed by atoms with Crippen LogP contribution in [-0.2, 0) is 4.79 Å². The van der Waals surface area contributed by atoms with Gasteiger partial charge in [-0.05, 0) is 37.8 Å². The zero-order chi connectivity index (χ0) is 13.5. The van der Waals surface area contributed by atoms with Gasteiger partial charge in [-0.1, -0.05) is 37.3 Å². The standard InChI is InChI=1S/C16H24N2O/c1-2-15(13-7-4-3-5-8-13)16(19)18-12-10-14-9-6-11-17-14/h3-5,7-8,14-15,17H,2,6,9-12H2,1H3,(H,18,19)/t14-,15?/m1/s1. The fraction of sp³-hybridized carbons (Fsp3) is 0.562. The van der Waals surface area contributed by atoms with Crippen molar-refractivity contribution in [2.75, 3.05) is 13.1 Å². The quantitative estimate of drug-likeness (QED) is 0.825. The average molecular weight is 260 g/mol. The van der Waals surface area contributed by atoms with Gasteiger partial charge in [0.05, 0.1) is 5.92 Å². The van der Waals surface area contributed by atoms with Crippen LogP contribution in [0.1, 0.15) is 44.1 Å². The number of amides is 1. The van der Waals surface area contributed by atoms with E-state index in [4.69, 9.17) is 0 Å². The van der Waals surface area contributed by atoms with E-state index in [-0.39, 0.29) is 11.8 Å². The lowest BCUT2D eigenvalue weighted by atomic mass is 9.95. The van der Waals surface area contributed by atoms with E-state index >= 15 is 0 Å². The minimum absolute atomic E-state index is 0.0160. The molecule has 0 saturated carbocycles. The second kappa shape index (κ2) is 7.29. The number of rotatable bonds is 6. The summed E-state index contributed by atoms with van der Waals surface area (Å²) in [6.45, 7) is 3.97. The Hall–Kier alpha value is -1.35. The van der Waals surface area contributed by atoms with Crippen LogP contribution in [0.25, 0.3) is 0 Å². The van der Waals surface area contributed by atoms with Crippen molar-refractivity contribution in [1.29, 1.82) is 0 Å². The first-order valence-corrected chi connectivity index (χ1v) is 7.37. The van der Waals surface area contributed by atoms with Crippen LogP contribution >= 0.6 is 0 Å². The first-order chi connectivity index (χ1) is 9.31. The Labute approximate surface area is 115 Å². The summed E-state index contributed by atoms with van der Waals surface area (Å²) in [5, 5.41) is 6.53. The third-order valence-electron chi connectivity index (χ3n) is 3.88. The molecule has 0 bridgehead atoms. The molecule has 3 nitrogen and oxygen atoms in total. The molecule has 1 heterocycles. The molecule has 1 aliphatic heterocycles. The number of carbonyl (C=O) groups is 1. The molecule has 1 aromatic carbocycles. The summed E-state index contributed by atoms with van der Waals surface area (Å²) in [5.41, 5.74) is 1.11. The van der Waals surface area contributed by atoms with E-state index in [1.807, 2.05) is 30.3 Å². The van der Waals surface area contributed by atoms with Crippen molar-refractivity contribution >= 4 is 5.91 Å². The summed E-state index contributed by atoms with van der Waals surface area (Å²) in [6.07, 6.45) is 4.39. The third-order valence-corrected chi connectivity index (χ3v) is 3.88. The summed E-state index contributed by atoms with van der Waals surface area (Å²) >= 11 is 0. The summed E-state index contributed by atoms with van der Waals surface area (Å²) in [5.74, 6) is 0.143. The van der Waals surface area contributed by atoms with Crippen molar-refractivity contribution in [2.45, 2.75) is 44.6 Å². The lowest BCUT2D eigenvalue weighted by Gasteiger charge is -2.16. The molecule has 19 heavy (non-hydrogen) atoms. The molecule has 0 spiro atoms. The molecule has 1 aromatic rings. The molecule has 2 atom stereocenters. The molecule has 1 saturated heterocycles. The van der Waals surface area contributed by atoms with Gasteiger partial charge in [0.1, 0.15) is 0 Å². The Morgan fingerprint density at radius 3 is 2.84 bits per heavy atom. The molecule has 2 N–H and O–H groups in total. The van der Waals surface area contributed by atoms with Gasteiger partial charge in [-0.15, -0.1) is 0 Å². The molecule has 0 aromatic heterocycles. The highest BCUT2D eigenvalue weighted by Gasteiger charge is 2.19. The molecule has 0 aliphatic carbocycles. The van der Waals surface area contributed by atoms with Crippen LogP contribution in [-0.4, -0.2) is 25.0 Å². The molecule has 1 amide bonds. The van der Waals surface area contributed by atoms with Gasteiger partial charge < -0.3 is 10.6 Å². The van der Waals surface area contributed by atoms with Crippen LogP contribution < -0.4 is 10.6 Å². The number of benzene rings is 1. The van der Waals surface area contributed by atoms with E-state index in [0.717, 1.165) is 31.5 Å². The largest absolute Gasteiger partial charge is 0.356 e. The number of hydrogen-bond acceptors (Lipinski definition) is 2.